The number of halogens is 1. The van der Waals surface area contributed by atoms with Gasteiger partial charge in [-0.25, -0.2) is 0 Å². The lowest BCUT2D eigenvalue weighted by atomic mass is 10.00. The van der Waals surface area contributed by atoms with Crippen molar-refractivity contribution in [3.05, 3.63) is 56.7 Å². The molecule has 1 aliphatic heterocycles. The minimum absolute atomic E-state index is 0.0608. The normalized spacial score (nSPS) is 17.5. The first-order chi connectivity index (χ1) is 11.6. The van der Waals surface area contributed by atoms with Crippen LogP contribution in [0.1, 0.15) is 34.5 Å². The Morgan fingerprint density at radius 2 is 2.04 bits per heavy atom. The molecule has 6 heteroatoms. The van der Waals surface area contributed by atoms with Gasteiger partial charge in [0.15, 0.2) is 0 Å². The Balaban J connectivity index is 1.67. The number of hydrogen-bond donors (Lipinski definition) is 1. The molecule has 1 aromatic carbocycles. The van der Waals surface area contributed by atoms with Crippen molar-refractivity contribution in [3.63, 3.8) is 0 Å². The molecule has 3 rings (SSSR count). The Morgan fingerprint density at radius 3 is 2.75 bits per heavy atom. The van der Waals surface area contributed by atoms with Crippen molar-refractivity contribution < 1.29 is 9.59 Å². The number of benzene rings is 1. The van der Waals surface area contributed by atoms with E-state index in [1.165, 1.54) is 0 Å². The van der Waals surface area contributed by atoms with Gasteiger partial charge in [-0.15, -0.1) is 11.3 Å². The molecule has 1 aromatic heterocycles. The molecule has 1 fully saturated rings. The molecule has 0 aliphatic carbocycles. The molecule has 2 heterocycles. The first-order valence-corrected chi connectivity index (χ1v) is 9.69. The van der Waals surface area contributed by atoms with Gasteiger partial charge >= 0.3 is 0 Å². The Labute approximate surface area is 154 Å². The predicted octanol–water partition coefficient (Wildman–Crippen LogP) is 3.82. The number of rotatable bonds is 4. The Kier molecular flexibility index (Phi) is 5.68. The van der Waals surface area contributed by atoms with Gasteiger partial charge in [0.05, 0.1) is 6.54 Å². The summed E-state index contributed by atoms with van der Waals surface area (Å²) in [6, 6.07) is 10.8. The molecule has 2 amide bonds. The zero-order valence-electron chi connectivity index (χ0n) is 13.2. The van der Waals surface area contributed by atoms with Crippen molar-refractivity contribution in [3.8, 4) is 0 Å². The quantitative estimate of drug-likeness (QED) is 0.838. The van der Waals surface area contributed by atoms with Crippen LogP contribution in [-0.2, 0) is 11.3 Å². The standard InChI is InChI=1S/C18H19BrN2O2S/c19-14-10-15(24-12-14)11-20-17(22)16-8-4-5-9-21(16)18(23)13-6-2-1-3-7-13/h1-3,6-7,10,12,16H,4-5,8-9,11H2,(H,20,22)/t16-/m0/s1. The smallest absolute Gasteiger partial charge is 0.254 e. The Bertz CT molecular complexity index is 717. The van der Waals surface area contributed by atoms with Crippen LogP contribution in [0.5, 0.6) is 0 Å². The highest BCUT2D eigenvalue weighted by molar-refractivity contribution is 9.10. The van der Waals surface area contributed by atoms with E-state index in [-0.39, 0.29) is 17.9 Å². The van der Waals surface area contributed by atoms with Gasteiger partial charge in [-0.05, 0) is 53.4 Å². The van der Waals surface area contributed by atoms with Crippen molar-refractivity contribution in [1.29, 1.82) is 0 Å². The van der Waals surface area contributed by atoms with Gasteiger partial charge in [0, 0.05) is 26.8 Å². The largest absolute Gasteiger partial charge is 0.349 e. The van der Waals surface area contributed by atoms with E-state index in [9.17, 15) is 9.59 Å². The van der Waals surface area contributed by atoms with E-state index in [0.717, 1.165) is 28.6 Å². The summed E-state index contributed by atoms with van der Waals surface area (Å²) < 4.78 is 1.02. The summed E-state index contributed by atoms with van der Waals surface area (Å²) in [4.78, 5) is 28.2. The van der Waals surface area contributed by atoms with Crippen molar-refractivity contribution in [2.75, 3.05) is 6.54 Å². The Hall–Kier alpha value is -1.66. The average molecular weight is 407 g/mol. The van der Waals surface area contributed by atoms with Gasteiger partial charge in [0.1, 0.15) is 6.04 Å². The van der Waals surface area contributed by atoms with E-state index in [0.29, 0.717) is 18.7 Å². The molecule has 0 unspecified atom stereocenters. The summed E-state index contributed by atoms with van der Waals surface area (Å²) >= 11 is 5.02. The predicted molar refractivity (Wildman–Crippen MR) is 99.0 cm³/mol. The molecule has 0 saturated carbocycles. The molecule has 126 valence electrons. The zero-order chi connectivity index (χ0) is 16.9. The third kappa shape index (κ3) is 4.05. The van der Waals surface area contributed by atoms with E-state index in [2.05, 4.69) is 21.2 Å². The molecule has 0 bridgehead atoms. The maximum absolute atomic E-state index is 12.7. The van der Waals surface area contributed by atoms with Crippen LogP contribution in [0.4, 0.5) is 0 Å². The van der Waals surface area contributed by atoms with Gasteiger partial charge in [-0.2, -0.15) is 0 Å². The lowest BCUT2D eigenvalue weighted by molar-refractivity contribution is -0.126. The second kappa shape index (κ2) is 7.94. The minimum atomic E-state index is -0.380. The minimum Gasteiger partial charge on any atom is -0.349 e. The first-order valence-electron chi connectivity index (χ1n) is 8.02. The van der Waals surface area contributed by atoms with Crippen LogP contribution in [0.2, 0.25) is 0 Å². The van der Waals surface area contributed by atoms with Crippen LogP contribution in [0, 0.1) is 0 Å². The zero-order valence-corrected chi connectivity index (χ0v) is 15.6. The molecule has 1 aliphatic rings. The summed E-state index contributed by atoms with van der Waals surface area (Å²) in [5, 5.41) is 4.97. The molecular weight excluding hydrogens is 388 g/mol. The summed E-state index contributed by atoms with van der Waals surface area (Å²) in [5.74, 6) is -0.127. The molecule has 2 aromatic rings. The highest BCUT2D eigenvalue weighted by atomic mass is 79.9. The maximum atomic E-state index is 12.7. The summed E-state index contributed by atoms with van der Waals surface area (Å²) in [7, 11) is 0. The second-order valence-corrected chi connectivity index (χ2v) is 7.74. The van der Waals surface area contributed by atoms with Gasteiger partial charge < -0.3 is 10.2 Å². The number of carbonyl (C=O) groups excluding carboxylic acids is 2. The second-order valence-electron chi connectivity index (χ2n) is 5.83. The van der Waals surface area contributed by atoms with Crippen LogP contribution in [-0.4, -0.2) is 29.3 Å². The summed E-state index contributed by atoms with van der Waals surface area (Å²) in [5.41, 5.74) is 0.638. The number of likely N-dealkylation sites (tertiary alicyclic amines) is 1. The molecule has 4 nitrogen and oxygen atoms in total. The molecule has 24 heavy (non-hydrogen) atoms. The summed E-state index contributed by atoms with van der Waals surface area (Å²) in [6.07, 6.45) is 2.64. The monoisotopic (exact) mass is 406 g/mol. The first kappa shape index (κ1) is 17.2. The van der Waals surface area contributed by atoms with Gasteiger partial charge in [0.25, 0.3) is 5.91 Å². The van der Waals surface area contributed by atoms with E-state index in [1.54, 1.807) is 28.4 Å². The number of carbonyl (C=O) groups is 2. The van der Waals surface area contributed by atoms with Gasteiger partial charge in [0.2, 0.25) is 5.91 Å². The summed E-state index contributed by atoms with van der Waals surface area (Å²) in [6.45, 7) is 1.13. The SMILES string of the molecule is O=C(NCc1cc(Br)cs1)[C@@H]1CCCCN1C(=O)c1ccccc1. The van der Waals surface area contributed by atoms with E-state index in [4.69, 9.17) is 0 Å². The maximum Gasteiger partial charge on any atom is 0.254 e. The Morgan fingerprint density at radius 1 is 1.25 bits per heavy atom. The van der Waals surface area contributed by atoms with E-state index >= 15 is 0 Å². The van der Waals surface area contributed by atoms with Gasteiger partial charge in [-0.1, -0.05) is 18.2 Å². The molecule has 1 saturated heterocycles. The topological polar surface area (TPSA) is 49.4 Å². The van der Waals surface area contributed by atoms with Crippen molar-refractivity contribution in [2.45, 2.75) is 31.8 Å². The van der Waals surface area contributed by atoms with Crippen LogP contribution in [0.15, 0.2) is 46.3 Å². The van der Waals surface area contributed by atoms with Crippen molar-refractivity contribution in [2.24, 2.45) is 0 Å². The van der Waals surface area contributed by atoms with Crippen LogP contribution < -0.4 is 5.32 Å². The lowest BCUT2D eigenvalue weighted by Crippen LogP contribution is -2.51. The fourth-order valence-electron chi connectivity index (χ4n) is 2.93. The van der Waals surface area contributed by atoms with Crippen molar-refractivity contribution in [1.82, 2.24) is 10.2 Å². The third-order valence-electron chi connectivity index (χ3n) is 4.15. The number of nitrogens with one attached hydrogen (secondary N) is 1. The number of thiophene rings is 1. The number of nitrogens with zero attached hydrogens (tertiary/aromatic N) is 1. The van der Waals surface area contributed by atoms with Crippen LogP contribution in [0.3, 0.4) is 0 Å². The third-order valence-corrected chi connectivity index (χ3v) is 5.84. The van der Waals surface area contributed by atoms with Gasteiger partial charge in [-0.3, -0.25) is 9.59 Å². The fourth-order valence-corrected chi connectivity index (χ4v) is 4.32. The number of amides is 2. The highest BCUT2D eigenvalue weighted by Crippen LogP contribution is 2.22. The highest BCUT2D eigenvalue weighted by Gasteiger charge is 2.32. The number of piperidine rings is 1. The average Bonchev–Trinajstić information content (AvgIpc) is 3.05. The van der Waals surface area contributed by atoms with Crippen molar-refractivity contribution >= 4 is 39.1 Å². The molecule has 0 radical (unpaired) electrons. The molecule has 1 N–H and O–H groups in total. The molecular formula is C18H19BrN2O2S. The van der Waals surface area contributed by atoms with Crippen LogP contribution in [0.25, 0.3) is 0 Å². The lowest BCUT2D eigenvalue weighted by Gasteiger charge is -2.34. The fraction of sp³-hybridized carbons (Fsp3) is 0.333. The van der Waals surface area contributed by atoms with E-state index < -0.39 is 0 Å². The number of hydrogen-bond acceptors (Lipinski definition) is 3. The molecule has 1 atom stereocenters. The van der Waals surface area contributed by atoms with Crippen LogP contribution >= 0.6 is 27.3 Å². The molecule has 0 spiro atoms. The van der Waals surface area contributed by atoms with E-state index in [1.807, 2.05) is 29.6 Å².